The molecule has 40 heavy (non-hydrogen) atoms. The van der Waals surface area contributed by atoms with Gasteiger partial charge in [0.25, 0.3) is 5.91 Å². The SMILES string of the molecule is CCN1C(=O)/C(=C/c2cn(-c3ccccc3)nc2-c2ccc(OC)cc2)S/C1=N/c1nc(-c2ccccc2)cs1. The Morgan fingerprint density at radius 2 is 1.68 bits per heavy atom. The van der Waals surface area contributed by atoms with Crippen LogP contribution in [0, 0.1) is 0 Å². The maximum atomic E-state index is 13.5. The van der Waals surface area contributed by atoms with Crippen LogP contribution in [0.1, 0.15) is 12.5 Å². The van der Waals surface area contributed by atoms with Crippen LogP contribution in [0.3, 0.4) is 0 Å². The van der Waals surface area contributed by atoms with Gasteiger partial charge in [-0.05, 0) is 61.2 Å². The van der Waals surface area contributed by atoms with Gasteiger partial charge in [-0.2, -0.15) is 10.1 Å². The van der Waals surface area contributed by atoms with Crippen LogP contribution in [0.25, 0.3) is 34.3 Å². The fourth-order valence-corrected chi connectivity index (χ4v) is 6.12. The molecule has 0 radical (unpaired) electrons. The number of nitrogens with zero attached hydrogens (tertiary/aromatic N) is 5. The molecule has 7 nitrogen and oxygen atoms in total. The molecule has 0 bridgehead atoms. The van der Waals surface area contributed by atoms with Crippen LogP contribution in [-0.4, -0.2) is 44.4 Å². The first kappa shape index (κ1) is 25.8. The molecular weight excluding hydrogens is 539 g/mol. The lowest BCUT2D eigenvalue weighted by Gasteiger charge is -2.11. The number of methoxy groups -OCH3 is 1. The Balaban J connectivity index is 1.36. The van der Waals surface area contributed by atoms with E-state index in [0.29, 0.717) is 21.7 Å². The number of thiazole rings is 1. The number of ether oxygens (including phenoxy) is 1. The minimum Gasteiger partial charge on any atom is -0.497 e. The Bertz CT molecular complexity index is 1710. The number of hydrogen-bond acceptors (Lipinski definition) is 7. The van der Waals surface area contributed by atoms with Crippen molar-refractivity contribution in [2.24, 2.45) is 4.99 Å². The third-order valence-corrected chi connectivity index (χ3v) is 8.11. The monoisotopic (exact) mass is 563 g/mol. The van der Waals surface area contributed by atoms with E-state index in [1.54, 1.807) is 12.0 Å². The molecule has 1 fully saturated rings. The molecule has 0 unspecified atom stereocenters. The van der Waals surface area contributed by atoms with E-state index in [-0.39, 0.29) is 5.91 Å². The number of rotatable bonds is 7. The number of benzene rings is 3. The van der Waals surface area contributed by atoms with Crippen molar-refractivity contribution in [2.75, 3.05) is 13.7 Å². The molecule has 1 amide bonds. The van der Waals surface area contributed by atoms with Gasteiger partial charge in [0.05, 0.1) is 29.1 Å². The first-order valence-corrected chi connectivity index (χ1v) is 14.4. The summed E-state index contributed by atoms with van der Waals surface area (Å²) in [6.45, 7) is 2.46. The van der Waals surface area contributed by atoms with E-state index < -0.39 is 0 Å². The van der Waals surface area contributed by atoms with E-state index in [4.69, 9.17) is 14.8 Å². The number of para-hydroxylation sites is 1. The lowest BCUT2D eigenvalue weighted by molar-refractivity contribution is -0.122. The highest BCUT2D eigenvalue weighted by Gasteiger charge is 2.33. The third kappa shape index (κ3) is 5.21. The molecule has 0 aliphatic carbocycles. The highest BCUT2D eigenvalue weighted by Crippen LogP contribution is 2.37. The van der Waals surface area contributed by atoms with E-state index in [9.17, 15) is 4.79 Å². The maximum absolute atomic E-state index is 13.5. The van der Waals surface area contributed by atoms with Crippen LogP contribution in [0.4, 0.5) is 5.13 Å². The summed E-state index contributed by atoms with van der Waals surface area (Å²) in [6, 6.07) is 27.7. The first-order valence-electron chi connectivity index (χ1n) is 12.7. The van der Waals surface area contributed by atoms with Gasteiger partial charge in [-0.1, -0.05) is 48.5 Å². The van der Waals surface area contributed by atoms with Crippen LogP contribution in [0.2, 0.25) is 0 Å². The molecule has 3 heterocycles. The second-order valence-electron chi connectivity index (χ2n) is 8.88. The zero-order valence-electron chi connectivity index (χ0n) is 21.9. The second-order valence-corrected chi connectivity index (χ2v) is 10.7. The summed E-state index contributed by atoms with van der Waals surface area (Å²) in [6.07, 6.45) is 3.86. The van der Waals surface area contributed by atoms with E-state index in [2.05, 4.69) is 4.98 Å². The highest BCUT2D eigenvalue weighted by atomic mass is 32.2. The lowest BCUT2D eigenvalue weighted by atomic mass is 10.1. The van der Waals surface area contributed by atoms with Crippen LogP contribution in [0.5, 0.6) is 5.75 Å². The number of thioether (sulfide) groups is 1. The molecule has 0 atom stereocenters. The molecule has 2 aromatic heterocycles. The summed E-state index contributed by atoms with van der Waals surface area (Å²) in [5.74, 6) is 0.684. The topological polar surface area (TPSA) is 72.6 Å². The molecule has 3 aromatic carbocycles. The van der Waals surface area contributed by atoms with Crippen LogP contribution in [-0.2, 0) is 4.79 Å². The van der Waals surface area contributed by atoms with Gasteiger partial charge in [-0.25, -0.2) is 9.67 Å². The van der Waals surface area contributed by atoms with Crippen molar-refractivity contribution in [1.82, 2.24) is 19.7 Å². The van der Waals surface area contributed by atoms with E-state index >= 15 is 0 Å². The van der Waals surface area contributed by atoms with Crippen molar-refractivity contribution in [3.8, 4) is 34.0 Å². The van der Waals surface area contributed by atoms with Crippen molar-refractivity contribution >= 4 is 45.4 Å². The molecule has 198 valence electrons. The first-order chi connectivity index (χ1) is 19.6. The maximum Gasteiger partial charge on any atom is 0.266 e. The van der Waals surface area contributed by atoms with Gasteiger partial charge in [0.15, 0.2) is 5.17 Å². The smallest absolute Gasteiger partial charge is 0.266 e. The highest BCUT2D eigenvalue weighted by molar-refractivity contribution is 8.18. The predicted octanol–water partition coefficient (Wildman–Crippen LogP) is 7.30. The minimum absolute atomic E-state index is 0.0840. The Kier molecular flexibility index (Phi) is 7.31. The van der Waals surface area contributed by atoms with Crippen molar-refractivity contribution in [2.45, 2.75) is 6.92 Å². The molecule has 1 aliphatic heterocycles. The Morgan fingerprint density at radius 3 is 2.38 bits per heavy atom. The number of aromatic nitrogens is 3. The molecule has 1 aliphatic rings. The Labute approximate surface area is 240 Å². The zero-order valence-corrected chi connectivity index (χ0v) is 23.5. The molecule has 6 rings (SSSR count). The molecule has 1 saturated heterocycles. The fraction of sp³-hybridized carbons (Fsp3) is 0.0968. The molecule has 0 spiro atoms. The number of amidine groups is 1. The standard InChI is InChI=1S/C31H25N5O2S2/c1-3-35-29(37)27(40-31(35)33-30-32-26(20-39-30)21-10-6-4-7-11-21)18-23-19-36(24-12-8-5-9-13-24)34-28(23)22-14-16-25(38-2)17-15-22/h4-20H,3H2,1-2H3/b27-18-,33-31+. The average molecular weight is 564 g/mol. The molecule has 9 heteroatoms. The minimum atomic E-state index is -0.0840. The number of likely N-dealkylation sites (N-methyl/N-ethyl adjacent to an activating group) is 1. The molecule has 5 aromatic rings. The van der Waals surface area contributed by atoms with Gasteiger partial charge in [-0.3, -0.25) is 9.69 Å². The number of aliphatic imine (C=N–C) groups is 1. The fourth-order valence-electron chi connectivity index (χ4n) is 4.33. The van der Waals surface area contributed by atoms with Gasteiger partial charge < -0.3 is 4.74 Å². The lowest BCUT2D eigenvalue weighted by Crippen LogP contribution is -2.28. The summed E-state index contributed by atoms with van der Waals surface area (Å²) in [5.41, 5.74) is 5.37. The summed E-state index contributed by atoms with van der Waals surface area (Å²) >= 11 is 2.82. The van der Waals surface area contributed by atoms with Gasteiger partial charge in [0, 0.05) is 34.8 Å². The third-order valence-electron chi connectivity index (χ3n) is 6.37. The van der Waals surface area contributed by atoms with Crippen molar-refractivity contribution < 1.29 is 9.53 Å². The normalized spacial score (nSPS) is 15.3. The van der Waals surface area contributed by atoms with Gasteiger partial charge in [-0.15, -0.1) is 11.3 Å². The summed E-state index contributed by atoms with van der Waals surface area (Å²) in [5, 5.41) is 8.11. The van der Waals surface area contributed by atoms with Crippen LogP contribution < -0.4 is 4.74 Å². The average Bonchev–Trinajstić information content (AvgIpc) is 3.72. The number of carbonyl (C=O) groups excluding carboxylic acids is 1. The summed E-state index contributed by atoms with van der Waals surface area (Å²) in [4.78, 5) is 25.2. The van der Waals surface area contributed by atoms with E-state index in [0.717, 1.165) is 39.5 Å². The molecular formula is C31H25N5O2S2. The van der Waals surface area contributed by atoms with Crippen LogP contribution >= 0.6 is 23.1 Å². The number of hydrogen-bond donors (Lipinski definition) is 0. The second kappa shape index (κ2) is 11.3. The van der Waals surface area contributed by atoms with Gasteiger partial charge in [0.2, 0.25) is 5.13 Å². The van der Waals surface area contributed by atoms with Crippen molar-refractivity contribution in [1.29, 1.82) is 0 Å². The zero-order chi connectivity index (χ0) is 27.5. The predicted molar refractivity (Wildman–Crippen MR) is 163 cm³/mol. The van der Waals surface area contributed by atoms with E-state index in [1.807, 2.05) is 114 Å². The van der Waals surface area contributed by atoms with Crippen molar-refractivity contribution in [3.05, 3.63) is 107 Å². The molecule has 0 saturated carbocycles. The molecule has 0 N–H and O–H groups in total. The largest absolute Gasteiger partial charge is 0.497 e. The van der Waals surface area contributed by atoms with E-state index in [1.165, 1.54) is 23.1 Å². The summed E-state index contributed by atoms with van der Waals surface area (Å²) < 4.78 is 7.17. The summed E-state index contributed by atoms with van der Waals surface area (Å²) in [7, 11) is 1.64. The van der Waals surface area contributed by atoms with Crippen molar-refractivity contribution in [3.63, 3.8) is 0 Å². The Morgan fingerprint density at radius 1 is 0.950 bits per heavy atom. The van der Waals surface area contributed by atoms with Gasteiger partial charge >= 0.3 is 0 Å². The Hall–Kier alpha value is -4.47. The van der Waals surface area contributed by atoms with Crippen LogP contribution in [0.15, 0.2) is 106 Å². The number of carbonyl (C=O) groups is 1. The van der Waals surface area contributed by atoms with Gasteiger partial charge in [0.1, 0.15) is 5.75 Å². The number of amides is 1. The quantitative estimate of drug-likeness (QED) is 0.194.